The molecule has 0 aliphatic heterocycles. The predicted octanol–water partition coefficient (Wildman–Crippen LogP) is 1.49. The van der Waals surface area contributed by atoms with Gasteiger partial charge < -0.3 is 5.73 Å². The highest BCUT2D eigenvalue weighted by molar-refractivity contribution is 14.1. The smallest absolute Gasteiger partial charge is 0.217 e. The number of rotatable bonds is 4. The molecule has 0 bridgehead atoms. The Kier molecular flexibility index (Phi) is 4.14. The number of aryl methyl sites for hydroxylation is 1. The van der Waals surface area contributed by atoms with E-state index < -0.39 is 0 Å². The maximum Gasteiger partial charge on any atom is 0.217 e. The van der Waals surface area contributed by atoms with Gasteiger partial charge in [-0.15, -0.1) is 0 Å². The minimum atomic E-state index is -0.238. The average molecular weight is 290 g/mol. The standard InChI is InChI=1S/C9H11IN2O/c10-8-5-4-7(6-12-8)2-1-3-9(11)13/h4-6H,1-3H2,(H2,11,13). The molecule has 4 heteroatoms. The van der Waals surface area contributed by atoms with E-state index in [2.05, 4.69) is 27.6 Å². The number of nitrogens with two attached hydrogens (primary N) is 1. The molecule has 0 fully saturated rings. The van der Waals surface area contributed by atoms with E-state index in [4.69, 9.17) is 5.73 Å². The first kappa shape index (κ1) is 10.4. The number of carbonyl (C=O) groups excluding carboxylic acids is 1. The number of pyridine rings is 1. The number of hydrogen-bond acceptors (Lipinski definition) is 2. The maximum atomic E-state index is 10.4. The van der Waals surface area contributed by atoms with E-state index in [0.29, 0.717) is 6.42 Å². The number of primary amides is 1. The van der Waals surface area contributed by atoms with Crippen LogP contribution in [-0.2, 0) is 11.2 Å². The van der Waals surface area contributed by atoms with Crippen molar-refractivity contribution < 1.29 is 4.79 Å². The normalized spacial score (nSPS) is 9.92. The van der Waals surface area contributed by atoms with Gasteiger partial charge in [-0.3, -0.25) is 9.78 Å². The Morgan fingerprint density at radius 3 is 2.85 bits per heavy atom. The van der Waals surface area contributed by atoms with Crippen LogP contribution in [0.25, 0.3) is 0 Å². The summed E-state index contributed by atoms with van der Waals surface area (Å²) in [5.41, 5.74) is 6.18. The minimum absolute atomic E-state index is 0.238. The van der Waals surface area contributed by atoms with E-state index in [9.17, 15) is 4.79 Å². The highest BCUT2D eigenvalue weighted by Crippen LogP contribution is 2.06. The number of hydrogen-bond donors (Lipinski definition) is 1. The second-order valence-corrected chi connectivity index (χ2v) is 3.91. The second kappa shape index (κ2) is 5.16. The lowest BCUT2D eigenvalue weighted by Crippen LogP contribution is -2.10. The van der Waals surface area contributed by atoms with Gasteiger partial charge in [-0.2, -0.15) is 0 Å². The van der Waals surface area contributed by atoms with Gasteiger partial charge >= 0.3 is 0 Å². The van der Waals surface area contributed by atoms with Gasteiger partial charge in [-0.05, 0) is 47.1 Å². The van der Waals surface area contributed by atoms with Crippen molar-refractivity contribution in [3.05, 3.63) is 27.6 Å². The summed E-state index contributed by atoms with van der Waals surface area (Å²) in [5, 5.41) is 0. The molecule has 0 unspecified atom stereocenters. The number of carbonyl (C=O) groups is 1. The third kappa shape index (κ3) is 4.21. The molecule has 1 amide bonds. The fraction of sp³-hybridized carbons (Fsp3) is 0.333. The van der Waals surface area contributed by atoms with Crippen LogP contribution in [0.15, 0.2) is 18.3 Å². The van der Waals surface area contributed by atoms with E-state index in [1.54, 1.807) is 0 Å². The molecular formula is C9H11IN2O. The lowest BCUT2D eigenvalue weighted by atomic mass is 10.1. The molecule has 0 radical (unpaired) electrons. The zero-order valence-corrected chi connectivity index (χ0v) is 9.32. The van der Waals surface area contributed by atoms with Gasteiger partial charge in [0.2, 0.25) is 5.91 Å². The topological polar surface area (TPSA) is 56.0 Å². The van der Waals surface area contributed by atoms with Crippen LogP contribution in [0, 0.1) is 3.70 Å². The Labute approximate surface area is 90.9 Å². The maximum absolute atomic E-state index is 10.4. The summed E-state index contributed by atoms with van der Waals surface area (Å²) in [6.45, 7) is 0. The third-order valence-corrected chi connectivity index (χ3v) is 2.32. The fourth-order valence-corrected chi connectivity index (χ4v) is 1.34. The molecule has 0 saturated heterocycles. The van der Waals surface area contributed by atoms with Gasteiger partial charge in [0.05, 0.1) is 0 Å². The summed E-state index contributed by atoms with van der Waals surface area (Å²) in [4.78, 5) is 14.6. The molecule has 0 aromatic carbocycles. The van der Waals surface area contributed by atoms with Crippen molar-refractivity contribution in [3.8, 4) is 0 Å². The summed E-state index contributed by atoms with van der Waals surface area (Å²) in [6.07, 6.45) is 3.96. The van der Waals surface area contributed by atoms with Gasteiger partial charge in [0.1, 0.15) is 3.70 Å². The average Bonchev–Trinajstić information content (AvgIpc) is 2.08. The van der Waals surface area contributed by atoms with Crippen LogP contribution in [0.2, 0.25) is 0 Å². The Balaban J connectivity index is 2.37. The second-order valence-electron chi connectivity index (χ2n) is 2.81. The van der Waals surface area contributed by atoms with E-state index in [-0.39, 0.29) is 5.91 Å². The number of nitrogens with zero attached hydrogens (tertiary/aromatic N) is 1. The van der Waals surface area contributed by atoms with Crippen LogP contribution >= 0.6 is 22.6 Å². The highest BCUT2D eigenvalue weighted by Gasteiger charge is 1.96. The Bertz CT molecular complexity index is 284. The van der Waals surface area contributed by atoms with Crippen LogP contribution in [0.5, 0.6) is 0 Å². The van der Waals surface area contributed by atoms with Crippen molar-refractivity contribution in [2.45, 2.75) is 19.3 Å². The molecule has 13 heavy (non-hydrogen) atoms. The van der Waals surface area contributed by atoms with Crippen LogP contribution in [0.1, 0.15) is 18.4 Å². The quantitative estimate of drug-likeness (QED) is 0.675. The molecule has 0 saturated carbocycles. The van der Waals surface area contributed by atoms with E-state index in [1.165, 1.54) is 0 Å². The monoisotopic (exact) mass is 290 g/mol. The molecule has 2 N–H and O–H groups in total. The first-order valence-electron chi connectivity index (χ1n) is 4.07. The Hall–Kier alpha value is -0.650. The van der Waals surface area contributed by atoms with Gasteiger partial charge in [-0.1, -0.05) is 6.07 Å². The van der Waals surface area contributed by atoms with Crippen molar-refractivity contribution in [1.82, 2.24) is 4.98 Å². The van der Waals surface area contributed by atoms with Gasteiger partial charge in [-0.25, -0.2) is 0 Å². The highest BCUT2D eigenvalue weighted by atomic mass is 127. The summed E-state index contributed by atoms with van der Waals surface area (Å²) in [7, 11) is 0. The van der Waals surface area contributed by atoms with Crippen molar-refractivity contribution >= 4 is 28.5 Å². The molecular weight excluding hydrogens is 279 g/mol. The number of aromatic nitrogens is 1. The molecule has 3 nitrogen and oxygen atoms in total. The summed E-state index contributed by atoms with van der Waals surface area (Å²) < 4.78 is 0.983. The first-order valence-corrected chi connectivity index (χ1v) is 5.15. The molecule has 0 aliphatic rings. The lowest BCUT2D eigenvalue weighted by molar-refractivity contribution is -0.118. The largest absolute Gasteiger partial charge is 0.370 e. The zero-order chi connectivity index (χ0) is 9.68. The first-order chi connectivity index (χ1) is 6.18. The number of halogens is 1. The van der Waals surface area contributed by atoms with Crippen LogP contribution in [0.4, 0.5) is 0 Å². The molecule has 0 aliphatic carbocycles. The molecule has 1 aromatic rings. The minimum Gasteiger partial charge on any atom is -0.370 e. The van der Waals surface area contributed by atoms with Crippen molar-refractivity contribution in [1.29, 1.82) is 0 Å². The van der Waals surface area contributed by atoms with Gasteiger partial charge in [0.25, 0.3) is 0 Å². The molecule has 1 aromatic heterocycles. The molecule has 70 valence electrons. The molecule has 1 heterocycles. The lowest BCUT2D eigenvalue weighted by Gasteiger charge is -1.98. The van der Waals surface area contributed by atoms with Crippen molar-refractivity contribution in [2.75, 3.05) is 0 Å². The zero-order valence-electron chi connectivity index (χ0n) is 7.16. The molecule has 1 rings (SSSR count). The van der Waals surface area contributed by atoms with E-state index in [0.717, 1.165) is 22.1 Å². The van der Waals surface area contributed by atoms with Crippen molar-refractivity contribution in [2.24, 2.45) is 5.73 Å². The fourth-order valence-electron chi connectivity index (χ4n) is 1.02. The van der Waals surface area contributed by atoms with E-state index >= 15 is 0 Å². The Morgan fingerprint density at radius 2 is 2.31 bits per heavy atom. The van der Waals surface area contributed by atoms with Crippen LogP contribution < -0.4 is 5.73 Å². The molecule has 0 spiro atoms. The number of amides is 1. The van der Waals surface area contributed by atoms with Crippen LogP contribution in [0.3, 0.4) is 0 Å². The van der Waals surface area contributed by atoms with Gasteiger partial charge in [0.15, 0.2) is 0 Å². The summed E-state index contributed by atoms with van der Waals surface area (Å²) in [5.74, 6) is -0.238. The third-order valence-electron chi connectivity index (χ3n) is 1.68. The molecule has 0 atom stereocenters. The SMILES string of the molecule is NC(=O)CCCc1ccc(I)nc1. The van der Waals surface area contributed by atoms with Crippen LogP contribution in [-0.4, -0.2) is 10.9 Å². The summed E-state index contributed by atoms with van der Waals surface area (Å²) >= 11 is 2.16. The van der Waals surface area contributed by atoms with Gasteiger partial charge in [0, 0.05) is 12.6 Å². The Morgan fingerprint density at radius 1 is 1.54 bits per heavy atom. The van der Waals surface area contributed by atoms with Crippen molar-refractivity contribution in [3.63, 3.8) is 0 Å². The van der Waals surface area contributed by atoms with E-state index in [1.807, 2.05) is 18.3 Å². The summed E-state index contributed by atoms with van der Waals surface area (Å²) in [6, 6.07) is 3.98. The predicted molar refractivity (Wildman–Crippen MR) is 59.1 cm³/mol.